The van der Waals surface area contributed by atoms with Crippen LogP contribution in [0.2, 0.25) is 0 Å². The van der Waals surface area contributed by atoms with Gasteiger partial charge >= 0.3 is 0 Å². The largest absolute Gasteiger partial charge is 0.325 e. The molecule has 0 radical (unpaired) electrons. The Morgan fingerprint density at radius 3 is 2.24 bits per heavy atom. The van der Waals surface area contributed by atoms with E-state index in [-0.39, 0.29) is 24.1 Å². The van der Waals surface area contributed by atoms with Gasteiger partial charge in [-0.25, -0.2) is 0 Å². The van der Waals surface area contributed by atoms with E-state index in [9.17, 15) is 14.4 Å². The average molecular weight is 442 g/mol. The van der Waals surface area contributed by atoms with E-state index in [0.29, 0.717) is 23.5 Å². The number of carbonyl (C=O) groups is 3. The molecule has 0 aromatic heterocycles. The summed E-state index contributed by atoms with van der Waals surface area (Å²) in [6.07, 6.45) is 0.135. The van der Waals surface area contributed by atoms with Crippen molar-refractivity contribution in [2.24, 2.45) is 5.92 Å². The van der Waals surface area contributed by atoms with Gasteiger partial charge in [0.25, 0.3) is 5.91 Å². The number of para-hydroxylation sites is 2. The summed E-state index contributed by atoms with van der Waals surface area (Å²) in [6, 6.07) is 20.3. The fourth-order valence-electron chi connectivity index (χ4n) is 3.95. The zero-order valence-corrected chi connectivity index (χ0v) is 19.0. The van der Waals surface area contributed by atoms with Crippen LogP contribution in [-0.2, 0) is 9.59 Å². The molecule has 33 heavy (non-hydrogen) atoms. The number of nitrogens with zero attached hydrogens (tertiary/aromatic N) is 1. The second-order valence-electron chi connectivity index (χ2n) is 8.48. The minimum absolute atomic E-state index is 0.0796. The molecule has 3 aromatic rings. The van der Waals surface area contributed by atoms with E-state index in [1.807, 2.05) is 63.2 Å². The van der Waals surface area contributed by atoms with Crippen molar-refractivity contribution >= 4 is 34.8 Å². The van der Waals surface area contributed by atoms with Crippen LogP contribution in [0, 0.1) is 26.7 Å². The van der Waals surface area contributed by atoms with Crippen LogP contribution < -0.4 is 15.5 Å². The highest BCUT2D eigenvalue weighted by molar-refractivity contribution is 6.11. The lowest BCUT2D eigenvalue weighted by Gasteiger charge is -2.18. The molecule has 3 aromatic carbocycles. The topological polar surface area (TPSA) is 78.5 Å². The summed E-state index contributed by atoms with van der Waals surface area (Å²) in [5.74, 6) is -1.15. The molecule has 1 aliphatic rings. The van der Waals surface area contributed by atoms with E-state index < -0.39 is 5.92 Å². The standard InChI is InChI=1S/C27H27N3O3/c1-17-12-13-21(14-19(17)3)30-16-20(15-25(30)31)26(32)29-24-11-7-5-9-22(24)27(33)28-23-10-6-4-8-18(23)2/h4-14,20H,15-16H2,1-3H3,(H,28,33)(H,29,32)/t20-/m1/s1. The Hall–Kier alpha value is -3.93. The third-order valence-corrected chi connectivity index (χ3v) is 6.12. The quantitative estimate of drug-likeness (QED) is 0.594. The van der Waals surface area contributed by atoms with Crippen molar-refractivity contribution in [2.75, 3.05) is 22.1 Å². The molecule has 3 amide bonds. The van der Waals surface area contributed by atoms with Crippen LogP contribution in [0.1, 0.15) is 33.5 Å². The van der Waals surface area contributed by atoms with Crippen LogP contribution in [0.5, 0.6) is 0 Å². The average Bonchev–Trinajstić information content (AvgIpc) is 3.19. The summed E-state index contributed by atoms with van der Waals surface area (Å²) in [7, 11) is 0. The summed E-state index contributed by atoms with van der Waals surface area (Å²) in [6.45, 7) is 6.25. The normalized spacial score (nSPS) is 15.4. The second kappa shape index (κ2) is 9.28. The first kappa shape index (κ1) is 22.3. The number of amides is 3. The molecule has 1 atom stereocenters. The number of rotatable bonds is 5. The molecule has 0 bridgehead atoms. The molecule has 1 heterocycles. The molecule has 4 rings (SSSR count). The lowest BCUT2D eigenvalue weighted by atomic mass is 10.1. The number of benzene rings is 3. The number of nitrogens with one attached hydrogen (secondary N) is 2. The summed E-state index contributed by atoms with van der Waals surface area (Å²) in [5, 5.41) is 5.77. The van der Waals surface area contributed by atoms with Gasteiger partial charge in [0.05, 0.1) is 17.2 Å². The van der Waals surface area contributed by atoms with Crippen molar-refractivity contribution in [2.45, 2.75) is 27.2 Å². The summed E-state index contributed by atoms with van der Waals surface area (Å²) < 4.78 is 0. The van der Waals surface area contributed by atoms with Gasteiger partial charge in [-0.1, -0.05) is 36.4 Å². The maximum atomic E-state index is 13.0. The third kappa shape index (κ3) is 4.80. The lowest BCUT2D eigenvalue weighted by molar-refractivity contribution is -0.122. The van der Waals surface area contributed by atoms with Gasteiger partial charge in [0.15, 0.2) is 0 Å². The molecule has 1 saturated heterocycles. The lowest BCUT2D eigenvalue weighted by Crippen LogP contribution is -2.28. The van der Waals surface area contributed by atoms with E-state index in [2.05, 4.69) is 10.6 Å². The van der Waals surface area contributed by atoms with E-state index in [1.165, 1.54) is 0 Å². The number of hydrogen-bond acceptors (Lipinski definition) is 3. The maximum Gasteiger partial charge on any atom is 0.257 e. The van der Waals surface area contributed by atoms with Crippen molar-refractivity contribution in [1.82, 2.24) is 0 Å². The van der Waals surface area contributed by atoms with E-state index in [4.69, 9.17) is 0 Å². The van der Waals surface area contributed by atoms with E-state index in [1.54, 1.807) is 29.2 Å². The fourth-order valence-corrected chi connectivity index (χ4v) is 3.95. The second-order valence-corrected chi connectivity index (χ2v) is 8.48. The Labute approximate surface area is 193 Å². The predicted octanol–water partition coefficient (Wildman–Crippen LogP) is 4.86. The van der Waals surface area contributed by atoms with Crippen LogP contribution in [0.25, 0.3) is 0 Å². The van der Waals surface area contributed by atoms with Gasteiger partial charge in [0.2, 0.25) is 11.8 Å². The highest BCUT2D eigenvalue weighted by atomic mass is 16.2. The van der Waals surface area contributed by atoms with Gasteiger partial charge in [0, 0.05) is 24.3 Å². The number of hydrogen-bond donors (Lipinski definition) is 2. The molecule has 0 unspecified atom stereocenters. The molecule has 1 fully saturated rings. The molecular weight excluding hydrogens is 414 g/mol. The zero-order chi connectivity index (χ0) is 23.5. The SMILES string of the molecule is Cc1ccc(N2C[C@H](C(=O)Nc3ccccc3C(=O)Nc3ccccc3C)CC2=O)cc1C. The van der Waals surface area contributed by atoms with Gasteiger partial charge < -0.3 is 15.5 Å². The highest BCUT2D eigenvalue weighted by Gasteiger charge is 2.35. The number of carbonyl (C=O) groups excluding carboxylic acids is 3. The Morgan fingerprint density at radius 1 is 0.818 bits per heavy atom. The van der Waals surface area contributed by atoms with Crippen molar-refractivity contribution in [3.63, 3.8) is 0 Å². The Kier molecular flexibility index (Phi) is 6.27. The third-order valence-electron chi connectivity index (χ3n) is 6.12. The number of anilines is 3. The van der Waals surface area contributed by atoms with Gasteiger partial charge in [0.1, 0.15) is 0 Å². The van der Waals surface area contributed by atoms with Crippen molar-refractivity contribution in [3.05, 3.63) is 89.0 Å². The van der Waals surface area contributed by atoms with Crippen LogP contribution in [0.3, 0.4) is 0 Å². The van der Waals surface area contributed by atoms with Crippen LogP contribution >= 0.6 is 0 Å². The molecule has 1 aliphatic heterocycles. The van der Waals surface area contributed by atoms with E-state index in [0.717, 1.165) is 22.4 Å². The molecular formula is C27H27N3O3. The summed E-state index contributed by atoms with van der Waals surface area (Å²) >= 11 is 0. The molecule has 168 valence electrons. The van der Waals surface area contributed by atoms with Crippen LogP contribution in [0.4, 0.5) is 17.1 Å². The van der Waals surface area contributed by atoms with Gasteiger partial charge in [-0.3, -0.25) is 14.4 Å². The van der Waals surface area contributed by atoms with Crippen molar-refractivity contribution < 1.29 is 14.4 Å². The fraction of sp³-hybridized carbons (Fsp3) is 0.222. The summed E-state index contributed by atoms with van der Waals surface area (Å²) in [4.78, 5) is 40.2. The van der Waals surface area contributed by atoms with E-state index >= 15 is 0 Å². The molecule has 0 spiro atoms. The van der Waals surface area contributed by atoms with Gasteiger partial charge in [-0.15, -0.1) is 0 Å². The Bertz CT molecular complexity index is 1230. The predicted molar refractivity (Wildman–Crippen MR) is 131 cm³/mol. The molecule has 6 nitrogen and oxygen atoms in total. The highest BCUT2D eigenvalue weighted by Crippen LogP contribution is 2.28. The maximum absolute atomic E-state index is 13.0. The van der Waals surface area contributed by atoms with Gasteiger partial charge in [-0.05, 0) is 67.8 Å². The monoisotopic (exact) mass is 441 g/mol. The zero-order valence-electron chi connectivity index (χ0n) is 19.0. The molecule has 2 N–H and O–H groups in total. The first-order chi connectivity index (χ1) is 15.8. The van der Waals surface area contributed by atoms with Crippen molar-refractivity contribution in [1.29, 1.82) is 0 Å². The van der Waals surface area contributed by atoms with Crippen LogP contribution in [-0.4, -0.2) is 24.3 Å². The Balaban J connectivity index is 1.48. The molecule has 6 heteroatoms. The number of aryl methyl sites for hydroxylation is 3. The van der Waals surface area contributed by atoms with Crippen molar-refractivity contribution in [3.8, 4) is 0 Å². The molecule has 0 aliphatic carbocycles. The Morgan fingerprint density at radius 2 is 1.52 bits per heavy atom. The molecule has 0 saturated carbocycles. The van der Waals surface area contributed by atoms with Gasteiger partial charge in [-0.2, -0.15) is 0 Å². The first-order valence-corrected chi connectivity index (χ1v) is 11.0. The first-order valence-electron chi connectivity index (χ1n) is 11.0. The minimum Gasteiger partial charge on any atom is -0.325 e. The smallest absolute Gasteiger partial charge is 0.257 e. The minimum atomic E-state index is -0.494. The summed E-state index contributed by atoms with van der Waals surface area (Å²) in [5.41, 5.74) is 5.51. The van der Waals surface area contributed by atoms with Crippen LogP contribution in [0.15, 0.2) is 66.7 Å².